The number of thioether (sulfide) groups is 1. The van der Waals surface area contributed by atoms with Crippen LogP contribution in [0.15, 0.2) is 53.4 Å². The van der Waals surface area contributed by atoms with Gasteiger partial charge in [0.15, 0.2) is 11.5 Å². The average Bonchev–Trinajstić information content (AvgIpc) is 3.05. The summed E-state index contributed by atoms with van der Waals surface area (Å²) in [6.45, 7) is 0.213. The van der Waals surface area contributed by atoms with Gasteiger partial charge < -0.3 is 14.8 Å². The molecule has 0 aliphatic carbocycles. The maximum atomic E-state index is 12.5. The Morgan fingerprint density at radius 3 is 2.56 bits per heavy atom. The largest absolute Gasteiger partial charge is 0.493 e. The molecule has 0 spiro atoms. The van der Waals surface area contributed by atoms with E-state index in [1.807, 2.05) is 30.3 Å². The van der Waals surface area contributed by atoms with E-state index in [1.54, 1.807) is 24.3 Å². The summed E-state index contributed by atoms with van der Waals surface area (Å²) in [6.07, 6.45) is 4.59. The topological polar surface area (TPSA) is 84.9 Å². The van der Waals surface area contributed by atoms with Crippen LogP contribution in [-0.4, -0.2) is 49.3 Å². The molecule has 1 N–H and O–H groups in total. The molecule has 1 heterocycles. The van der Waals surface area contributed by atoms with E-state index in [-0.39, 0.29) is 30.1 Å². The zero-order valence-electron chi connectivity index (χ0n) is 17.5. The lowest BCUT2D eigenvalue weighted by atomic mass is 10.2. The van der Waals surface area contributed by atoms with Gasteiger partial charge in [-0.25, -0.2) is 0 Å². The average molecular weight is 473 g/mol. The van der Waals surface area contributed by atoms with Crippen molar-refractivity contribution in [2.24, 2.45) is 0 Å². The van der Waals surface area contributed by atoms with Crippen LogP contribution in [0, 0.1) is 0 Å². The van der Waals surface area contributed by atoms with Crippen molar-refractivity contribution < 1.29 is 23.9 Å². The summed E-state index contributed by atoms with van der Waals surface area (Å²) >= 11 is 7.05. The highest BCUT2D eigenvalue weighted by Gasteiger charge is 2.34. The van der Waals surface area contributed by atoms with Crippen LogP contribution in [0.25, 0.3) is 12.2 Å². The molecule has 2 aromatic carbocycles. The van der Waals surface area contributed by atoms with Crippen LogP contribution in [0.5, 0.6) is 11.5 Å². The van der Waals surface area contributed by atoms with E-state index in [9.17, 15) is 14.4 Å². The molecule has 0 saturated carbocycles. The van der Waals surface area contributed by atoms with Gasteiger partial charge in [-0.05, 0) is 47.2 Å². The zero-order chi connectivity index (χ0) is 23.1. The minimum absolute atomic E-state index is 0.0819. The second-order valence-corrected chi connectivity index (χ2v) is 8.01. The minimum atomic E-state index is -0.372. The quantitative estimate of drug-likeness (QED) is 0.579. The molecule has 7 nitrogen and oxygen atoms in total. The molecule has 32 heavy (non-hydrogen) atoms. The number of hydrogen-bond acceptors (Lipinski definition) is 6. The van der Waals surface area contributed by atoms with Crippen molar-refractivity contribution in [1.29, 1.82) is 0 Å². The maximum Gasteiger partial charge on any atom is 0.293 e. The van der Waals surface area contributed by atoms with Crippen LogP contribution >= 0.6 is 23.4 Å². The third-order valence-corrected chi connectivity index (χ3v) is 5.68. The van der Waals surface area contributed by atoms with Gasteiger partial charge in [-0.15, -0.1) is 0 Å². The zero-order valence-corrected chi connectivity index (χ0v) is 19.0. The molecule has 1 saturated heterocycles. The fourth-order valence-electron chi connectivity index (χ4n) is 2.95. The first-order valence-corrected chi connectivity index (χ1v) is 10.8. The van der Waals surface area contributed by atoms with Crippen molar-refractivity contribution >= 4 is 52.6 Å². The molecule has 3 rings (SSSR count). The lowest BCUT2D eigenvalue weighted by Gasteiger charge is -2.12. The molecule has 0 unspecified atom stereocenters. The highest BCUT2D eigenvalue weighted by molar-refractivity contribution is 8.18. The Kier molecular flexibility index (Phi) is 7.97. The van der Waals surface area contributed by atoms with Crippen molar-refractivity contribution in [1.82, 2.24) is 10.2 Å². The lowest BCUT2D eigenvalue weighted by molar-refractivity contribution is -0.123. The van der Waals surface area contributed by atoms with Crippen molar-refractivity contribution in [3.63, 3.8) is 0 Å². The molecule has 1 aliphatic rings. The maximum absolute atomic E-state index is 12.5. The summed E-state index contributed by atoms with van der Waals surface area (Å²) in [5.41, 5.74) is 1.49. The summed E-state index contributed by atoms with van der Waals surface area (Å²) in [7, 11) is 2.98. The number of carbonyl (C=O) groups excluding carboxylic acids is 3. The van der Waals surface area contributed by atoms with E-state index in [4.69, 9.17) is 21.1 Å². The summed E-state index contributed by atoms with van der Waals surface area (Å²) in [5, 5.41) is 2.66. The molecule has 166 valence electrons. The molecule has 0 radical (unpaired) electrons. The first kappa shape index (κ1) is 23.4. The number of nitrogens with one attached hydrogen (secondary N) is 1. The van der Waals surface area contributed by atoms with Gasteiger partial charge in [-0.1, -0.05) is 41.9 Å². The van der Waals surface area contributed by atoms with Gasteiger partial charge >= 0.3 is 0 Å². The van der Waals surface area contributed by atoms with E-state index < -0.39 is 0 Å². The van der Waals surface area contributed by atoms with Gasteiger partial charge in [0.2, 0.25) is 5.91 Å². The standard InChI is InChI=1S/C23H21ClN2O5S/c1-30-18-13-16(12-17(24)21(18)31-2)8-9-20(27)25-10-11-26-22(28)19(32-23(26)29)14-15-6-4-3-5-7-15/h3-9,12-14H,10-11H2,1-2H3,(H,25,27)/b9-8+,19-14+. The van der Waals surface area contributed by atoms with Gasteiger partial charge in [-0.3, -0.25) is 19.3 Å². The van der Waals surface area contributed by atoms with Gasteiger partial charge in [0.25, 0.3) is 11.1 Å². The number of carbonyl (C=O) groups is 3. The van der Waals surface area contributed by atoms with E-state index in [0.717, 1.165) is 22.2 Å². The number of rotatable bonds is 8. The molecule has 0 aromatic heterocycles. The number of hydrogen-bond donors (Lipinski definition) is 1. The molecular weight excluding hydrogens is 452 g/mol. The predicted octanol–water partition coefficient (Wildman–Crippen LogP) is 4.22. The number of methoxy groups -OCH3 is 2. The smallest absolute Gasteiger partial charge is 0.293 e. The van der Waals surface area contributed by atoms with E-state index in [1.165, 1.54) is 20.3 Å². The molecular formula is C23H21ClN2O5S. The Morgan fingerprint density at radius 1 is 1.12 bits per heavy atom. The van der Waals surface area contributed by atoms with Gasteiger partial charge in [0, 0.05) is 19.2 Å². The molecule has 0 bridgehead atoms. The molecule has 0 atom stereocenters. The van der Waals surface area contributed by atoms with Crippen LogP contribution in [0.2, 0.25) is 5.02 Å². The van der Waals surface area contributed by atoms with Crippen LogP contribution in [0.3, 0.4) is 0 Å². The van der Waals surface area contributed by atoms with Crippen molar-refractivity contribution in [2.45, 2.75) is 0 Å². The molecule has 3 amide bonds. The fourth-order valence-corrected chi connectivity index (χ4v) is 4.11. The Balaban J connectivity index is 1.55. The molecule has 9 heteroatoms. The first-order valence-electron chi connectivity index (χ1n) is 9.60. The van der Waals surface area contributed by atoms with Crippen LogP contribution in [0.4, 0.5) is 4.79 Å². The molecule has 2 aromatic rings. The highest BCUT2D eigenvalue weighted by atomic mass is 35.5. The summed E-state index contributed by atoms with van der Waals surface area (Å²) < 4.78 is 10.4. The molecule has 1 aliphatic heterocycles. The van der Waals surface area contributed by atoms with E-state index in [2.05, 4.69) is 5.32 Å². The van der Waals surface area contributed by atoms with E-state index in [0.29, 0.717) is 27.0 Å². The van der Waals surface area contributed by atoms with Crippen molar-refractivity contribution in [3.8, 4) is 11.5 Å². The normalized spacial score (nSPS) is 15.0. The minimum Gasteiger partial charge on any atom is -0.493 e. The Labute approximate surface area is 195 Å². The Morgan fingerprint density at radius 2 is 1.88 bits per heavy atom. The Hall–Kier alpha value is -3.23. The van der Waals surface area contributed by atoms with Gasteiger partial charge in [0.05, 0.1) is 24.1 Å². The Bertz CT molecular complexity index is 1090. The SMILES string of the molecule is COc1cc(/C=C/C(=O)NCCN2C(=O)S/C(=C/c3ccccc3)C2=O)cc(Cl)c1OC. The summed E-state index contributed by atoms with van der Waals surface area (Å²) in [6, 6.07) is 12.6. The number of amides is 3. The van der Waals surface area contributed by atoms with Crippen molar-refractivity contribution in [2.75, 3.05) is 27.3 Å². The number of imide groups is 1. The monoisotopic (exact) mass is 472 g/mol. The third-order valence-electron chi connectivity index (χ3n) is 4.49. The highest BCUT2D eigenvalue weighted by Crippen LogP contribution is 2.36. The van der Waals surface area contributed by atoms with Crippen LogP contribution < -0.4 is 14.8 Å². The predicted molar refractivity (Wildman–Crippen MR) is 126 cm³/mol. The number of nitrogens with zero attached hydrogens (tertiary/aromatic N) is 1. The van der Waals surface area contributed by atoms with Gasteiger partial charge in [0.1, 0.15) is 0 Å². The van der Waals surface area contributed by atoms with Crippen LogP contribution in [0.1, 0.15) is 11.1 Å². The number of ether oxygens (including phenoxy) is 2. The first-order chi connectivity index (χ1) is 15.4. The second kappa shape index (κ2) is 10.9. The van der Waals surface area contributed by atoms with Gasteiger partial charge in [-0.2, -0.15) is 0 Å². The van der Waals surface area contributed by atoms with Crippen molar-refractivity contribution in [3.05, 3.63) is 69.6 Å². The molecule has 1 fully saturated rings. The summed E-state index contributed by atoms with van der Waals surface area (Å²) in [5.74, 6) is 0.119. The second-order valence-electron chi connectivity index (χ2n) is 6.61. The van der Waals surface area contributed by atoms with E-state index >= 15 is 0 Å². The fraction of sp³-hybridized carbons (Fsp3) is 0.174. The lowest BCUT2D eigenvalue weighted by Crippen LogP contribution is -2.36. The third kappa shape index (κ3) is 5.72. The number of halogens is 1. The number of benzene rings is 2. The summed E-state index contributed by atoms with van der Waals surface area (Å²) in [4.78, 5) is 38.3. The van der Waals surface area contributed by atoms with Crippen LogP contribution in [-0.2, 0) is 9.59 Å².